The van der Waals surface area contributed by atoms with Crippen LogP contribution in [-0.4, -0.2) is 25.7 Å². The van der Waals surface area contributed by atoms with Gasteiger partial charge in [-0.2, -0.15) is 4.98 Å². The lowest BCUT2D eigenvalue weighted by atomic mass is 10.0. The van der Waals surface area contributed by atoms with Crippen LogP contribution < -0.4 is 10.6 Å². The lowest BCUT2D eigenvalue weighted by Gasteiger charge is -2.07. The van der Waals surface area contributed by atoms with Crippen molar-refractivity contribution in [2.45, 2.75) is 38.8 Å². The molecule has 33 heavy (non-hydrogen) atoms. The van der Waals surface area contributed by atoms with E-state index in [2.05, 4.69) is 57.1 Å². The molecule has 2 aromatic heterocycles. The van der Waals surface area contributed by atoms with Crippen molar-refractivity contribution in [3.8, 4) is 22.5 Å². The first-order valence-corrected chi connectivity index (χ1v) is 11.4. The summed E-state index contributed by atoms with van der Waals surface area (Å²) in [6.07, 6.45) is 4.49. The number of hydrogen-bond donors (Lipinski definition) is 2. The molecule has 0 radical (unpaired) electrons. The van der Waals surface area contributed by atoms with E-state index in [9.17, 15) is 4.79 Å². The molecule has 0 unspecified atom stereocenters. The van der Waals surface area contributed by atoms with Gasteiger partial charge in [0.15, 0.2) is 5.82 Å². The number of nitrogens with zero attached hydrogens (tertiary/aromatic N) is 4. The molecule has 4 aromatic rings. The molecule has 0 saturated heterocycles. The Morgan fingerprint density at radius 2 is 1.82 bits per heavy atom. The van der Waals surface area contributed by atoms with E-state index in [1.165, 1.54) is 18.5 Å². The van der Waals surface area contributed by atoms with Gasteiger partial charge in [-0.3, -0.25) is 9.78 Å². The lowest BCUT2D eigenvalue weighted by Crippen LogP contribution is -2.12. The summed E-state index contributed by atoms with van der Waals surface area (Å²) in [4.78, 5) is 21.2. The molecule has 164 valence electrons. The summed E-state index contributed by atoms with van der Waals surface area (Å²) in [6, 6.07) is 18.3. The van der Waals surface area contributed by atoms with Crippen molar-refractivity contribution in [3.63, 3.8) is 0 Å². The predicted molar refractivity (Wildman–Crippen MR) is 127 cm³/mol. The zero-order valence-corrected chi connectivity index (χ0v) is 18.4. The van der Waals surface area contributed by atoms with Crippen LogP contribution in [0.5, 0.6) is 0 Å². The third-order valence-electron chi connectivity index (χ3n) is 6.28. The van der Waals surface area contributed by atoms with Gasteiger partial charge in [0, 0.05) is 53.3 Å². The molecule has 0 bridgehead atoms. The van der Waals surface area contributed by atoms with Crippen LogP contribution in [0.2, 0.25) is 0 Å². The summed E-state index contributed by atoms with van der Waals surface area (Å²) in [7, 11) is 0. The van der Waals surface area contributed by atoms with E-state index < -0.39 is 0 Å². The smallest absolute Gasteiger partial charge is 0.251 e. The summed E-state index contributed by atoms with van der Waals surface area (Å²) >= 11 is 0. The average molecular weight is 437 g/mol. The number of hydrogen-bond acceptors (Lipinski definition) is 5. The van der Waals surface area contributed by atoms with Crippen LogP contribution in [0.25, 0.3) is 22.5 Å². The molecule has 1 fully saturated rings. The SMILES string of the molecule is CCn1nc(-c2ccc(-c3ccc(C4CC4)nc3)cc2)nc1Nc1ccc2c(c1)CNC2=O. The van der Waals surface area contributed by atoms with Crippen LogP contribution in [-0.2, 0) is 13.1 Å². The number of fused-ring (bicyclic) bond motifs is 1. The molecule has 0 atom stereocenters. The predicted octanol–water partition coefficient (Wildman–Crippen LogP) is 4.89. The fraction of sp³-hybridized carbons (Fsp3) is 0.231. The second-order valence-electron chi connectivity index (χ2n) is 8.58. The largest absolute Gasteiger partial charge is 0.348 e. The minimum absolute atomic E-state index is 0.0198. The fourth-order valence-corrected chi connectivity index (χ4v) is 4.22. The highest BCUT2D eigenvalue weighted by atomic mass is 16.1. The maximum Gasteiger partial charge on any atom is 0.251 e. The van der Waals surface area contributed by atoms with Gasteiger partial charge < -0.3 is 10.6 Å². The number of aromatic nitrogens is 4. The van der Waals surface area contributed by atoms with Crippen molar-refractivity contribution in [3.05, 3.63) is 77.6 Å². The highest BCUT2D eigenvalue weighted by molar-refractivity contribution is 5.98. The van der Waals surface area contributed by atoms with Crippen molar-refractivity contribution >= 4 is 17.5 Å². The maximum absolute atomic E-state index is 11.8. The molecular formula is C26H24N6O. The Hall–Kier alpha value is -4.00. The minimum Gasteiger partial charge on any atom is -0.348 e. The first-order chi connectivity index (χ1) is 16.2. The topological polar surface area (TPSA) is 84.7 Å². The molecule has 7 nitrogen and oxygen atoms in total. The quantitative estimate of drug-likeness (QED) is 0.449. The number of nitrogens with one attached hydrogen (secondary N) is 2. The van der Waals surface area contributed by atoms with Crippen LogP contribution in [0.15, 0.2) is 60.8 Å². The number of amides is 1. The van der Waals surface area contributed by atoms with E-state index in [4.69, 9.17) is 4.98 Å². The molecule has 2 aromatic carbocycles. The van der Waals surface area contributed by atoms with Gasteiger partial charge in [-0.25, -0.2) is 4.68 Å². The van der Waals surface area contributed by atoms with Crippen LogP contribution >= 0.6 is 0 Å². The van der Waals surface area contributed by atoms with E-state index >= 15 is 0 Å². The Morgan fingerprint density at radius 1 is 1.03 bits per heavy atom. The molecule has 6 rings (SSSR count). The zero-order valence-electron chi connectivity index (χ0n) is 18.4. The molecule has 1 amide bonds. The third-order valence-corrected chi connectivity index (χ3v) is 6.28. The van der Waals surface area contributed by atoms with E-state index in [1.54, 1.807) is 0 Å². The second-order valence-corrected chi connectivity index (χ2v) is 8.58. The highest BCUT2D eigenvalue weighted by Crippen LogP contribution is 2.39. The molecule has 7 heteroatoms. The molecule has 3 heterocycles. The maximum atomic E-state index is 11.8. The zero-order chi connectivity index (χ0) is 22.4. The summed E-state index contributed by atoms with van der Waals surface area (Å²) in [5.74, 6) is 1.99. The number of rotatable bonds is 6. The van der Waals surface area contributed by atoms with Gasteiger partial charge in [-0.1, -0.05) is 30.3 Å². The number of pyridine rings is 1. The van der Waals surface area contributed by atoms with Gasteiger partial charge in [-0.15, -0.1) is 5.10 Å². The van der Waals surface area contributed by atoms with Crippen molar-refractivity contribution in [1.29, 1.82) is 0 Å². The van der Waals surface area contributed by atoms with Crippen LogP contribution in [0.3, 0.4) is 0 Å². The molecule has 1 saturated carbocycles. The summed E-state index contributed by atoms with van der Waals surface area (Å²) < 4.78 is 1.85. The summed E-state index contributed by atoms with van der Waals surface area (Å²) in [5, 5.41) is 10.9. The number of carbonyl (C=O) groups is 1. The van der Waals surface area contributed by atoms with E-state index in [0.717, 1.165) is 33.5 Å². The molecule has 1 aliphatic carbocycles. The normalized spacial score (nSPS) is 14.8. The molecule has 0 spiro atoms. The van der Waals surface area contributed by atoms with Crippen molar-refractivity contribution < 1.29 is 4.79 Å². The van der Waals surface area contributed by atoms with E-state index in [0.29, 0.717) is 30.8 Å². The van der Waals surface area contributed by atoms with Gasteiger partial charge in [0.2, 0.25) is 5.95 Å². The number of anilines is 2. The minimum atomic E-state index is -0.0198. The summed E-state index contributed by atoms with van der Waals surface area (Å²) in [5.41, 5.74) is 7.01. The van der Waals surface area contributed by atoms with Crippen molar-refractivity contribution in [1.82, 2.24) is 25.1 Å². The molecule has 1 aliphatic heterocycles. The van der Waals surface area contributed by atoms with Crippen molar-refractivity contribution in [2.24, 2.45) is 0 Å². The van der Waals surface area contributed by atoms with Crippen molar-refractivity contribution in [2.75, 3.05) is 5.32 Å². The van der Waals surface area contributed by atoms with Gasteiger partial charge >= 0.3 is 0 Å². The van der Waals surface area contributed by atoms with E-state index in [1.807, 2.05) is 36.0 Å². The van der Waals surface area contributed by atoms with Crippen LogP contribution in [0.1, 0.15) is 47.3 Å². The second kappa shape index (κ2) is 7.85. The van der Waals surface area contributed by atoms with Gasteiger partial charge in [0.25, 0.3) is 5.91 Å². The Bertz CT molecular complexity index is 1340. The molecule has 2 aliphatic rings. The molecule has 2 N–H and O–H groups in total. The number of benzene rings is 2. The average Bonchev–Trinajstić information content (AvgIpc) is 3.54. The molecular weight excluding hydrogens is 412 g/mol. The highest BCUT2D eigenvalue weighted by Gasteiger charge is 2.24. The lowest BCUT2D eigenvalue weighted by molar-refractivity contribution is 0.0966. The third kappa shape index (κ3) is 3.75. The standard InChI is InChI=1S/C26H24N6O/c1-2-32-26(29-21-10-11-22-20(13-21)15-28-25(22)33)30-24(31-32)18-7-3-16(4-8-18)19-9-12-23(27-14-19)17-5-6-17/h3-4,7-14,17H,2,5-6,15H2,1H3,(H,28,33)(H,29,30,31). The Labute approximate surface area is 191 Å². The first-order valence-electron chi connectivity index (χ1n) is 11.4. The Morgan fingerprint density at radius 3 is 2.55 bits per heavy atom. The number of aryl methyl sites for hydroxylation is 1. The van der Waals surface area contributed by atoms with Crippen LogP contribution in [0, 0.1) is 0 Å². The fourth-order valence-electron chi connectivity index (χ4n) is 4.22. The van der Waals surface area contributed by atoms with Crippen LogP contribution in [0.4, 0.5) is 11.6 Å². The first kappa shape index (κ1) is 19.7. The van der Waals surface area contributed by atoms with Gasteiger partial charge in [0.1, 0.15) is 0 Å². The van der Waals surface area contributed by atoms with Gasteiger partial charge in [0.05, 0.1) is 0 Å². The summed E-state index contributed by atoms with van der Waals surface area (Å²) in [6.45, 7) is 3.29. The van der Waals surface area contributed by atoms with Gasteiger partial charge in [-0.05, 0) is 55.2 Å². The Kier molecular flexibility index (Phi) is 4.68. The Balaban J connectivity index is 1.23. The monoisotopic (exact) mass is 436 g/mol. The van der Waals surface area contributed by atoms with E-state index in [-0.39, 0.29) is 5.91 Å². The number of carbonyl (C=O) groups excluding carboxylic acids is 1.